The normalized spacial score (nSPS) is 32.5. The maximum absolute atomic E-state index is 12.0. The number of hydrogen-bond donors (Lipinski definition) is 0. The number of hydrogen-bond acceptors (Lipinski definition) is 5. The van der Waals surface area contributed by atoms with Crippen molar-refractivity contribution in [3.63, 3.8) is 0 Å². The summed E-state index contributed by atoms with van der Waals surface area (Å²) < 4.78 is 10.0. The Hall–Kier alpha value is -1.59. The predicted molar refractivity (Wildman–Crippen MR) is 65.4 cm³/mol. The van der Waals surface area contributed by atoms with Crippen LogP contribution in [0.25, 0.3) is 0 Å². The average molecular weight is 269 g/mol. The summed E-state index contributed by atoms with van der Waals surface area (Å²) in [6.07, 6.45) is 0.730. The van der Waals surface area contributed by atoms with E-state index >= 15 is 0 Å². The molecule has 0 radical (unpaired) electrons. The van der Waals surface area contributed by atoms with Gasteiger partial charge in [0, 0.05) is 13.1 Å². The van der Waals surface area contributed by atoms with Crippen molar-refractivity contribution in [3.8, 4) is 0 Å². The van der Waals surface area contributed by atoms with Gasteiger partial charge in [-0.2, -0.15) is 0 Å². The standard InChI is InChI=1S/C13H19NO5/c1-11(2,3)19-10(17)14-6-12(8-15)5-13(12,7-14)9(16)18-4/h8H,5-7H2,1-4H3/t12-,13-/m0/s1. The van der Waals surface area contributed by atoms with Crippen LogP contribution in [-0.4, -0.2) is 49.0 Å². The minimum Gasteiger partial charge on any atom is -0.469 e. The Balaban J connectivity index is 2.12. The lowest BCUT2D eigenvalue weighted by Crippen LogP contribution is -2.38. The van der Waals surface area contributed by atoms with Crippen molar-refractivity contribution in [2.24, 2.45) is 10.8 Å². The number of likely N-dealkylation sites (tertiary alicyclic amines) is 1. The number of piperidine rings is 1. The predicted octanol–water partition coefficient (Wildman–Crippen LogP) is 0.985. The van der Waals surface area contributed by atoms with Crippen molar-refractivity contribution >= 4 is 18.3 Å². The average Bonchev–Trinajstić information content (AvgIpc) is 2.84. The molecule has 2 fully saturated rings. The van der Waals surface area contributed by atoms with Gasteiger partial charge in [-0.1, -0.05) is 0 Å². The first-order valence-electron chi connectivity index (χ1n) is 6.22. The van der Waals surface area contributed by atoms with Crippen LogP contribution in [-0.2, 0) is 19.1 Å². The molecule has 6 heteroatoms. The van der Waals surface area contributed by atoms with Gasteiger partial charge < -0.3 is 19.2 Å². The summed E-state index contributed by atoms with van der Waals surface area (Å²) in [6.45, 7) is 5.72. The van der Waals surface area contributed by atoms with Crippen LogP contribution in [0.4, 0.5) is 4.79 Å². The molecule has 2 atom stereocenters. The number of methoxy groups -OCH3 is 1. The summed E-state index contributed by atoms with van der Waals surface area (Å²) in [7, 11) is 1.29. The monoisotopic (exact) mass is 269 g/mol. The van der Waals surface area contributed by atoms with Crippen LogP contribution in [0.1, 0.15) is 27.2 Å². The van der Waals surface area contributed by atoms with Gasteiger partial charge in [-0.3, -0.25) is 4.79 Å². The fourth-order valence-corrected chi connectivity index (χ4v) is 2.82. The van der Waals surface area contributed by atoms with E-state index in [4.69, 9.17) is 9.47 Å². The molecule has 0 spiro atoms. The van der Waals surface area contributed by atoms with Crippen LogP contribution < -0.4 is 0 Å². The van der Waals surface area contributed by atoms with Gasteiger partial charge in [0.2, 0.25) is 0 Å². The van der Waals surface area contributed by atoms with Crippen LogP contribution in [0.3, 0.4) is 0 Å². The summed E-state index contributed by atoms with van der Waals surface area (Å²) in [6, 6.07) is 0. The van der Waals surface area contributed by atoms with Crippen LogP contribution in [0.2, 0.25) is 0 Å². The highest BCUT2D eigenvalue weighted by molar-refractivity contribution is 5.92. The number of carbonyl (C=O) groups excluding carboxylic acids is 3. The fourth-order valence-electron chi connectivity index (χ4n) is 2.82. The van der Waals surface area contributed by atoms with Gasteiger partial charge in [-0.05, 0) is 27.2 Å². The molecule has 0 unspecified atom stereocenters. The van der Waals surface area contributed by atoms with Crippen molar-refractivity contribution in [1.82, 2.24) is 4.90 Å². The summed E-state index contributed by atoms with van der Waals surface area (Å²) >= 11 is 0. The van der Waals surface area contributed by atoms with E-state index in [1.54, 1.807) is 20.8 Å². The van der Waals surface area contributed by atoms with Gasteiger partial charge >= 0.3 is 12.1 Å². The smallest absolute Gasteiger partial charge is 0.410 e. The first-order chi connectivity index (χ1) is 8.70. The minimum absolute atomic E-state index is 0.188. The van der Waals surface area contributed by atoms with Crippen LogP contribution >= 0.6 is 0 Å². The molecule has 0 aromatic heterocycles. The number of carbonyl (C=O) groups is 3. The number of nitrogens with zero attached hydrogens (tertiary/aromatic N) is 1. The third-order valence-electron chi connectivity index (χ3n) is 3.83. The van der Waals surface area contributed by atoms with Crippen molar-refractivity contribution < 1.29 is 23.9 Å². The van der Waals surface area contributed by atoms with Gasteiger partial charge in [0.1, 0.15) is 17.3 Å². The van der Waals surface area contributed by atoms with Crippen LogP contribution in [0, 0.1) is 10.8 Å². The van der Waals surface area contributed by atoms with E-state index in [9.17, 15) is 14.4 Å². The van der Waals surface area contributed by atoms with E-state index in [0.717, 1.165) is 6.29 Å². The van der Waals surface area contributed by atoms with Crippen molar-refractivity contribution in [2.75, 3.05) is 20.2 Å². The van der Waals surface area contributed by atoms with Gasteiger partial charge in [0.15, 0.2) is 0 Å². The van der Waals surface area contributed by atoms with Crippen molar-refractivity contribution in [1.29, 1.82) is 0 Å². The molecule has 6 nitrogen and oxygen atoms in total. The van der Waals surface area contributed by atoms with E-state index in [2.05, 4.69) is 0 Å². The van der Waals surface area contributed by atoms with Crippen molar-refractivity contribution in [3.05, 3.63) is 0 Å². The highest BCUT2D eigenvalue weighted by atomic mass is 16.6. The summed E-state index contributed by atoms with van der Waals surface area (Å²) in [4.78, 5) is 36.5. The largest absolute Gasteiger partial charge is 0.469 e. The Morgan fingerprint density at radius 3 is 2.37 bits per heavy atom. The summed E-state index contributed by atoms with van der Waals surface area (Å²) in [5.74, 6) is -0.425. The van der Waals surface area contributed by atoms with Crippen molar-refractivity contribution in [2.45, 2.75) is 32.8 Å². The van der Waals surface area contributed by atoms with E-state index in [-0.39, 0.29) is 13.1 Å². The molecule has 1 heterocycles. The van der Waals surface area contributed by atoms with Gasteiger partial charge in [0.05, 0.1) is 12.5 Å². The number of amides is 1. The summed E-state index contributed by atoms with van der Waals surface area (Å²) in [5, 5.41) is 0. The Kier molecular flexibility index (Phi) is 2.88. The Morgan fingerprint density at radius 2 is 1.89 bits per heavy atom. The highest BCUT2D eigenvalue weighted by Crippen LogP contribution is 2.67. The number of esters is 1. The first-order valence-corrected chi connectivity index (χ1v) is 6.22. The zero-order valence-corrected chi connectivity index (χ0v) is 11.7. The third-order valence-corrected chi connectivity index (χ3v) is 3.83. The molecule has 0 aromatic rings. The number of fused-ring (bicyclic) bond motifs is 1. The highest BCUT2D eigenvalue weighted by Gasteiger charge is 2.78. The molecule has 1 amide bonds. The topological polar surface area (TPSA) is 72.9 Å². The Morgan fingerprint density at radius 1 is 1.26 bits per heavy atom. The first kappa shape index (κ1) is 13.8. The zero-order valence-electron chi connectivity index (χ0n) is 11.7. The number of ether oxygens (including phenoxy) is 2. The van der Waals surface area contributed by atoms with Gasteiger partial charge in [-0.25, -0.2) is 4.79 Å². The third kappa shape index (κ3) is 1.99. The Labute approximate surface area is 112 Å². The maximum atomic E-state index is 12.0. The van der Waals surface area contributed by atoms with E-state index in [1.807, 2.05) is 0 Å². The van der Waals surface area contributed by atoms with E-state index in [1.165, 1.54) is 12.0 Å². The fraction of sp³-hybridized carbons (Fsp3) is 0.769. The lowest BCUT2D eigenvalue weighted by molar-refractivity contribution is -0.148. The molecule has 0 N–H and O–H groups in total. The summed E-state index contributed by atoms with van der Waals surface area (Å²) in [5.41, 5.74) is -2.24. The number of rotatable bonds is 2. The van der Waals surface area contributed by atoms with Gasteiger partial charge in [-0.15, -0.1) is 0 Å². The molecule has 19 heavy (non-hydrogen) atoms. The SMILES string of the molecule is COC(=O)[C@]12CN(C(=O)OC(C)(C)C)C[C@]1(C=O)C2. The molecule has 1 saturated carbocycles. The molecular weight excluding hydrogens is 250 g/mol. The second-order valence-electron chi connectivity index (χ2n) is 6.36. The molecule has 2 rings (SSSR count). The zero-order chi connectivity index (χ0) is 14.5. The maximum Gasteiger partial charge on any atom is 0.410 e. The molecule has 2 aliphatic rings. The molecule has 106 valence electrons. The second kappa shape index (κ2) is 3.95. The second-order valence-corrected chi connectivity index (χ2v) is 6.36. The van der Waals surface area contributed by atoms with E-state index < -0.39 is 28.5 Å². The van der Waals surface area contributed by atoms with Gasteiger partial charge in [0.25, 0.3) is 0 Å². The molecule has 1 aliphatic carbocycles. The molecule has 1 saturated heterocycles. The Bertz CT molecular complexity index is 441. The molecular formula is C13H19NO5. The number of aldehydes is 1. The quantitative estimate of drug-likeness (QED) is 0.552. The van der Waals surface area contributed by atoms with Crippen LogP contribution in [0.5, 0.6) is 0 Å². The lowest BCUT2D eigenvalue weighted by atomic mass is 9.98. The molecule has 0 bridgehead atoms. The lowest BCUT2D eigenvalue weighted by Gasteiger charge is -2.26. The minimum atomic E-state index is -0.861. The van der Waals surface area contributed by atoms with Crippen LogP contribution in [0.15, 0.2) is 0 Å². The molecule has 0 aromatic carbocycles. The van der Waals surface area contributed by atoms with E-state index in [0.29, 0.717) is 6.42 Å². The molecule has 1 aliphatic heterocycles.